The Labute approximate surface area is 81.5 Å². The number of carboxylic acid groups (broad SMARTS) is 1. The Hall–Kier alpha value is -1.58. The number of amides is 1. The molecule has 0 aromatic carbocycles. The van der Waals surface area contributed by atoms with Gasteiger partial charge in [0.1, 0.15) is 0 Å². The Morgan fingerprint density at radius 1 is 1.64 bits per heavy atom. The first-order valence-corrected chi connectivity index (χ1v) is 4.49. The summed E-state index contributed by atoms with van der Waals surface area (Å²) in [6.45, 7) is 3.56. The van der Waals surface area contributed by atoms with Crippen molar-refractivity contribution >= 4 is 11.9 Å². The van der Waals surface area contributed by atoms with Gasteiger partial charge in [-0.05, 0) is 6.42 Å². The van der Waals surface area contributed by atoms with E-state index in [2.05, 4.69) is 6.58 Å². The molecule has 1 N–H and O–H groups in total. The lowest BCUT2D eigenvalue weighted by Gasteiger charge is -2.23. The van der Waals surface area contributed by atoms with E-state index in [0.717, 1.165) is 6.42 Å². The SMILES string of the molecule is C=C(CN1C(=O)C2C=CC1C2)C(=O)O. The van der Waals surface area contributed by atoms with Crippen LogP contribution < -0.4 is 0 Å². The van der Waals surface area contributed by atoms with Crippen LogP contribution in [0.25, 0.3) is 0 Å². The summed E-state index contributed by atoms with van der Waals surface area (Å²) in [5.41, 5.74) is 0.0688. The van der Waals surface area contributed by atoms with E-state index in [0.29, 0.717) is 0 Å². The summed E-state index contributed by atoms with van der Waals surface area (Å²) in [5, 5.41) is 8.64. The van der Waals surface area contributed by atoms with E-state index in [-0.39, 0.29) is 30.0 Å². The normalized spacial score (nSPS) is 28.6. The third kappa shape index (κ3) is 1.23. The number of carbonyl (C=O) groups excluding carboxylic acids is 1. The maximum absolute atomic E-state index is 11.6. The van der Waals surface area contributed by atoms with Crippen LogP contribution in [-0.4, -0.2) is 34.5 Å². The molecule has 74 valence electrons. The molecule has 2 atom stereocenters. The molecule has 1 fully saturated rings. The van der Waals surface area contributed by atoms with E-state index < -0.39 is 5.97 Å². The van der Waals surface area contributed by atoms with E-state index in [1.54, 1.807) is 4.90 Å². The summed E-state index contributed by atoms with van der Waals surface area (Å²) in [6.07, 6.45) is 4.65. The first-order valence-electron chi connectivity index (χ1n) is 4.49. The van der Waals surface area contributed by atoms with Gasteiger partial charge in [-0.3, -0.25) is 4.79 Å². The van der Waals surface area contributed by atoms with Crippen LogP contribution in [0.3, 0.4) is 0 Å². The summed E-state index contributed by atoms with van der Waals surface area (Å²) in [5.74, 6) is -1.04. The molecule has 2 bridgehead atoms. The predicted molar refractivity (Wildman–Crippen MR) is 49.5 cm³/mol. The fraction of sp³-hybridized carbons (Fsp3) is 0.400. The van der Waals surface area contributed by atoms with Gasteiger partial charge in [-0.25, -0.2) is 4.79 Å². The van der Waals surface area contributed by atoms with Crippen molar-refractivity contribution in [3.8, 4) is 0 Å². The van der Waals surface area contributed by atoms with Crippen molar-refractivity contribution in [3.63, 3.8) is 0 Å². The summed E-state index contributed by atoms with van der Waals surface area (Å²) in [7, 11) is 0. The van der Waals surface area contributed by atoms with Crippen LogP contribution in [0.5, 0.6) is 0 Å². The second kappa shape index (κ2) is 2.97. The van der Waals surface area contributed by atoms with Gasteiger partial charge in [-0.15, -0.1) is 0 Å². The number of hydrogen-bond donors (Lipinski definition) is 1. The lowest BCUT2D eigenvalue weighted by Crippen LogP contribution is -2.37. The third-order valence-electron chi connectivity index (χ3n) is 2.73. The predicted octanol–water partition coefficient (Wildman–Crippen LogP) is 0.414. The van der Waals surface area contributed by atoms with Gasteiger partial charge in [0.05, 0.1) is 18.5 Å². The number of likely N-dealkylation sites (tertiary alicyclic amines) is 1. The van der Waals surface area contributed by atoms with Crippen LogP contribution in [0.2, 0.25) is 0 Å². The standard InChI is InChI=1S/C10H11NO3/c1-6(10(13)14)5-11-8-3-2-7(4-8)9(11)12/h2-3,7-8H,1,4-5H2,(H,13,14). The summed E-state index contributed by atoms with van der Waals surface area (Å²) >= 11 is 0. The molecular formula is C10H11NO3. The molecule has 1 aliphatic carbocycles. The molecule has 4 heteroatoms. The lowest BCUT2D eigenvalue weighted by atomic mass is 10.1. The highest BCUT2D eigenvalue weighted by Gasteiger charge is 2.41. The van der Waals surface area contributed by atoms with Gasteiger partial charge in [-0.1, -0.05) is 18.7 Å². The molecule has 0 aromatic heterocycles. The number of carbonyl (C=O) groups is 2. The Balaban J connectivity index is 2.07. The number of carboxylic acids is 1. The van der Waals surface area contributed by atoms with Crippen molar-refractivity contribution in [2.24, 2.45) is 5.92 Å². The van der Waals surface area contributed by atoms with Gasteiger partial charge in [0.25, 0.3) is 0 Å². The largest absolute Gasteiger partial charge is 0.478 e. The van der Waals surface area contributed by atoms with Gasteiger partial charge < -0.3 is 10.0 Å². The second-order valence-electron chi connectivity index (χ2n) is 3.67. The Morgan fingerprint density at radius 3 is 2.86 bits per heavy atom. The fourth-order valence-electron chi connectivity index (χ4n) is 1.94. The Bertz CT molecular complexity index is 345. The highest BCUT2D eigenvalue weighted by molar-refractivity contribution is 5.90. The average molecular weight is 193 g/mol. The van der Waals surface area contributed by atoms with Crippen LogP contribution in [0, 0.1) is 5.92 Å². The maximum atomic E-state index is 11.6. The number of fused-ring (bicyclic) bond motifs is 2. The minimum Gasteiger partial charge on any atom is -0.478 e. The second-order valence-corrected chi connectivity index (χ2v) is 3.67. The minimum atomic E-state index is -1.04. The lowest BCUT2D eigenvalue weighted by molar-refractivity contribution is -0.133. The molecule has 4 nitrogen and oxygen atoms in total. The van der Waals surface area contributed by atoms with Crippen LogP contribution in [0.15, 0.2) is 24.3 Å². The first-order chi connectivity index (χ1) is 6.59. The van der Waals surface area contributed by atoms with E-state index in [9.17, 15) is 9.59 Å². The monoisotopic (exact) mass is 193 g/mol. The molecule has 14 heavy (non-hydrogen) atoms. The smallest absolute Gasteiger partial charge is 0.332 e. The van der Waals surface area contributed by atoms with E-state index in [4.69, 9.17) is 5.11 Å². The molecule has 0 aromatic rings. The molecule has 1 aliphatic heterocycles. The van der Waals surface area contributed by atoms with Crippen molar-refractivity contribution in [1.82, 2.24) is 4.90 Å². The third-order valence-corrected chi connectivity index (χ3v) is 2.73. The molecule has 0 saturated carbocycles. The highest BCUT2D eigenvalue weighted by atomic mass is 16.4. The number of aliphatic carboxylic acids is 1. The van der Waals surface area contributed by atoms with Crippen LogP contribution in [-0.2, 0) is 9.59 Å². The number of hydrogen-bond acceptors (Lipinski definition) is 2. The van der Waals surface area contributed by atoms with Gasteiger partial charge in [0, 0.05) is 5.57 Å². The van der Waals surface area contributed by atoms with Crippen molar-refractivity contribution in [2.75, 3.05) is 6.54 Å². The van der Waals surface area contributed by atoms with Crippen molar-refractivity contribution in [2.45, 2.75) is 12.5 Å². The molecule has 2 unspecified atom stereocenters. The van der Waals surface area contributed by atoms with E-state index >= 15 is 0 Å². The number of nitrogens with zero attached hydrogens (tertiary/aromatic N) is 1. The van der Waals surface area contributed by atoms with Gasteiger partial charge in [-0.2, -0.15) is 0 Å². The molecule has 2 aliphatic rings. The van der Waals surface area contributed by atoms with Crippen molar-refractivity contribution in [1.29, 1.82) is 0 Å². The quantitative estimate of drug-likeness (QED) is 0.522. The summed E-state index contributed by atoms with van der Waals surface area (Å²) < 4.78 is 0. The van der Waals surface area contributed by atoms with Crippen molar-refractivity contribution < 1.29 is 14.7 Å². The Kier molecular flexibility index (Phi) is 1.91. The van der Waals surface area contributed by atoms with Crippen LogP contribution >= 0.6 is 0 Å². The first kappa shape index (κ1) is 8.99. The molecular weight excluding hydrogens is 182 g/mol. The van der Waals surface area contributed by atoms with E-state index in [1.807, 2.05) is 12.2 Å². The zero-order chi connectivity index (χ0) is 10.3. The Morgan fingerprint density at radius 2 is 2.36 bits per heavy atom. The van der Waals surface area contributed by atoms with Gasteiger partial charge in [0.15, 0.2) is 0 Å². The molecule has 1 heterocycles. The summed E-state index contributed by atoms with van der Waals surface area (Å²) in [4.78, 5) is 23.7. The number of rotatable bonds is 3. The molecule has 0 radical (unpaired) electrons. The van der Waals surface area contributed by atoms with Gasteiger partial charge >= 0.3 is 5.97 Å². The van der Waals surface area contributed by atoms with Gasteiger partial charge in [0.2, 0.25) is 5.91 Å². The van der Waals surface area contributed by atoms with Crippen molar-refractivity contribution in [3.05, 3.63) is 24.3 Å². The molecule has 1 amide bonds. The fourth-order valence-corrected chi connectivity index (χ4v) is 1.94. The molecule has 1 saturated heterocycles. The van der Waals surface area contributed by atoms with Crippen LogP contribution in [0.1, 0.15) is 6.42 Å². The zero-order valence-corrected chi connectivity index (χ0v) is 7.64. The maximum Gasteiger partial charge on any atom is 0.332 e. The topological polar surface area (TPSA) is 57.6 Å². The molecule has 2 rings (SSSR count). The molecule has 0 spiro atoms. The van der Waals surface area contributed by atoms with Crippen LogP contribution in [0.4, 0.5) is 0 Å². The zero-order valence-electron chi connectivity index (χ0n) is 7.64. The summed E-state index contributed by atoms with van der Waals surface area (Å²) in [6, 6.07) is 0.0867. The minimum absolute atomic E-state index is 0.0263. The van der Waals surface area contributed by atoms with E-state index in [1.165, 1.54) is 0 Å². The highest BCUT2D eigenvalue weighted by Crippen LogP contribution is 2.32. The average Bonchev–Trinajstić information content (AvgIpc) is 2.69.